The predicted octanol–water partition coefficient (Wildman–Crippen LogP) is 3.10. The molecule has 0 bridgehead atoms. The number of rotatable bonds is 12. The minimum absolute atomic E-state index is 0.0319. The molecule has 3 aliphatic heterocycles. The van der Waals surface area contributed by atoms with E-state index < -0.39 is 41.9 Å². The predicted molar refractivity (Wildman–Crippen MR) is 174 cm³/mol. The van der Waals surface area contributed by atoms with Crippen LogP contribution in [-0.2, 0) is 33.3 Å². The van der Waals surface area contributed by atoms with Crippen LogP contribution >= 0.6 is 0 Å². The summed E-state index contributed by atoms with van der Waals surface area (Å²) in [7, 11) is 0. The van der Waals surface area contributed by atoms with Crippen LogP contribution in [0.2, 0.25) is 0 Å². The first-order valence-corrected chi connectivity index (χ1v) is 16.1. The molecule has 256 valence electrons. The highest BCUT2D eigenvalue weighted by Crippen LogP contribution is 2.43. The van der Waals surface area contributed by atoms with Gasteiger partial charge in [-0.25, -0.2) is 0 Å². The number of carbonyl (C=O) groups excluding carboxylic acids is 4. The maximum atomic E-state index is 12.8. The molecule has 12 nitrogen and oxygen atoms in total. The first-order valence-electron chi connectivity index (χ1n) is 16.1. The third kappa shape index (κ3) is 10.3. The van der Waals surface area contributed by atoms with E-state index in [1.165, 1.54) is 13.0 Å². The molecule has 0 aliphatic carbocycles. The molecule has 12 heteroatoms. The molecule has 47 heavy (non-hydrogen) atoms. The SMILES string of the molecule is CC(=O)OC(C)C=CC(=O)N[C@@H]1C[C@H](C)[C@H](CC=C(C)C=C[C@H]2O[C@H](CC(=O)Nc3ccc(C(N)=O)cc3)C[C@@]3(CO3)[C@@H]2O)O[C@@H]1C. The molecular formula is C35H47N3O9. The Bertz CT molecular complexity index is 1380. The summed E-state index contributed by atoms with van der Waals surface area (Å²) in [4.78, 5) is 47.5. The number of benzene rings is 1. The van der Waals surface area contributed by atoms with Crippen molar-refractivity contribution < 1.29 is 43.2 Å². The summed E-state index contributed by atoms with van der Waals surface area (Å²) in [6.07, 6.45) is 7.94. The van der Waals surface area contributed by atoms with E-state index in [1.54, 1.807) is 37.3 Å². The zero-order valence-corrected chi connectivity index (χ0v) is 27.6. The van der Waals surface area contributed by atoms with Gasteiger partial charge in [-0.1, -0.05) is 30.7 Å². The van der Waals surface area contributed by atoms with Gasteiger partial charge < -0.3 is 40.4 Å². The molecule has 3 saturated heterocycles. The van der Waals surface area contributed by atoms with E-state index in [0.717, 1.165) is 12.0 Å². The largest absolute Gasteiger partial charge is 0.459 e. The molecule has 9 atom stereocenters. The lowest BCUT2D eigenvalue weighted by Crippen LogP contribution is -2.50. The summed E-state index contributed by atoms with van der Waals surface area (Å²) < 4.78 is 23.1. The van der Waals surface area contributed by atoms with Crippen molar-refractivity contribution >= 4 is 29.4 Å². The van der Waals surface area contributed by atoms with E-state index >= 15 is 0 Å². The van der Waals surface area contributed by atoms with Crippen molar-refractivity contribution in [2.75, 3.05) is 11.9 Å². The van der Waals surface area contributed by atoms with Crippen LogP contribution in [-0.4, -0.2) is 83.7 Å². The van der Waals surface area contributed by atoms with Gasteiger partial charge >= 0.3 is 5.97 Å². The number of aliphatic hydroxyl groups is 1. The summed E-state index contributed by atoms with van der Waals surface area (Å²) in [5, 5.41) is 16.8. The van der Waals surface area contributed by atoms with Crippen LogP contribution in [0.5, 0.6) is 0 Å². The lowest BCUT2D eigenvalue weighted by atomic mass is 9.87. The lowest BCUT2D eigenvalue weighted by Gasteiger charge is -2.39. The zero-order valence-electron chi connectivity index (χ0n) is 27.6. The Morgan fingerprint density at radius 2 is 1.83 bits per heavy atom. The standard InChI is InChI=1S/C35H47N3O9/c1-20(6-13-29-21(2)16-28(23(4)46-29)38-31(40)15-8-22(3)45-24(5)39)7-14-30-33(42)35(19-44-35)18-27(47-30)17-32(41)37-26-11-9-25(10-12-26)34(36)43/h6-12,14-15,21-23,27-30,33,42H,13,16-19H2,1-5H3,(H2,36,43)(H,37,41)(H,38,40)/t21-,22?,23+,27+,28+,29-,30+,33+,35+/m0/s1. The Morgan fingerprint density at radius 3 is 2.47 bits per heavy atom. The summed E-state index contributed by atoms with van der Waals surface area (Å²) in [6.45, 7) is 9.42. The van der Waals surface area contributed by atoms with Crippen LogP contribution in [0.15, 0.2) is 60.2 Å². The quantitative estimate of drug-likeness (QED) is 0.114. The second-order valence-corrected chi connectivity index (χ2v) is 12.8. The first kappa shape index (κ1) is 36.0. The molecule has 0 radical (unpaired) electrons. The average molecular weight is 654 g/mol. The van der Waals surface area contributed by atoms with Crippen molar-refractivity contribution in [1.29, 1.82) is 0 Å². The molecule has 0 aromatic heterocycles. The van der Waals surface area contributed by atoms with E-state index in [0.29, 0.717) is 30.7 Å². The Morgan fingerprint density at radius 1 is 1.13 bits per heavy atom. The summed E-state index contributed by atoms with van der Waals surface area (Å²) in [5.74, 6) is -1.27. The van der Waals surface area contributed by atoms with Gasteiger partial charge in [0.1, 0.15) is 23.9 Å². The topological polar surface area (TPSA) is 179 Å². The van der Waals surface area contributed by atoms with Crippen LogP contribution in [0.3, 0.4) is 0 Å². The highest BCUT2D eigenvalue weighted by atomic mass is 16.6. The number of nitrogens with two attached hydrogens (primary N) is 1. The molecular weight excluding hydrogens is 606 g/mol. The third-order valence-corrected chi connectivity index (χ3v) is 8.79. The third-order valence-electron chi connectivity index (χ3n) is 8.79. The molecule has 3 aliphatic rings. The zero-order chi connectivity index (χ0) is 34.3. The Hall–Kier alpha value is -3.84. The molecule has 1 aromatic rings. The molecule has 1 unspecified atom stereocenters. The van der Waals surface area contributed by atoms with Crippen molar-refractivity contribution in [3.05, 3.63) is 65.8 Å². The van der Waals surface area contributed by atoms with Crippen molar-refractivity contribution in [3.8, 4) is 0 Å². The van der Waals surface area contributed by atoms with Gasteiger partial charge in [-0.2, -0.15) is 0 Å². The second-order valence-electron chi connectivity index (χ2n) is 12.8. The smallest absolute Gasteiger partial charge is 0.303 e. The van der Waals surface area contributed by atoms with Gasteiger partial charge in [-0.3, -0.25) is 19.2 Å². The van der Waals surface area contributed by atoms with Gasteiger partial charge in [0.2, 0.25) is 17.7 Å². The Labute approximate surface area is 275 Å². The number of allylic oxidation sites excluding steroid dienone is 2. The Balaban J connectivity index is 1.27. The fourth-order valence-electron chi connectivity index (χ4n) is 6.02. The van der Waals surface area contributed by atoms with Crippen molar-refractivity contribution in [2.45, 2.75) is 109 Å². The average Bonchev–Trinajstić information content (AvgIpc) is 3.77. The van der Waals surface area contributed by atoms with Crippen LogP contribution in [0.4, 0.5) is 5.69 Å². The number of esters is 1. The summed E-state index contributed by atoms with van der Waals surface area (Å²) >= 11 is 0. The minimum atomic E-state index is -0.860. The van der Waals surface area contributed by atoms with Crippen molar-refractivity contribution in [3.63, 3.8) is 0 Å². The number of anilines is 1. The molecule has 4 rings (SSSR count). The van der Waals surface area contributed by atoms with E-state index in [2.05, 4.69) is 23.6 Å². The first-order chi connectivity index (χ1) is 22.2. The molecule has 0 saturated carbocycles. The van der Waals surface area contributed by atoms with Gasteiger partial charge in [0.15, 0.2) is 0 Å². The molecule has 3 fully saturated rings. The van der Waals surface area contributed by atoms with Crippen LogP contribution in [0.1, 0.15) is 70.7 Å². The minimum Gasteiger partial charge on any atom is -0.459 e. The number of ether oxygens (including phenoxy) is 4. The maximum absolute atomic E-state index is 12.8. The van der Waals surface area contributed by atoms with E-state index in [-0.39, 0.29) is 42.4 Å². The fraction of sp³-hybridized carbons (Fsp3) is 0.543. The highest BCUT2D eigenvalue weighted by molar-refractivity contribution is 5.95. The number of primary amides is 1. The van der Waals surface area contributed by atoms with Crippen molar-refractivity contribution in [1.82, 2.24) is 5.32 Å². The van der Waals surface area contributed by atoms with Gasteiger partial charge in [0.25, 0.3) is 0 Å². The van der Waals surface area contributed by atoms with Gasteiger partial charge in [-0.15, -0.1) is 0 Å². The second kappa shape index (κ2) is 15.8. The number of epoxide rings is 1. The van der Waals surface area contributed by atoms with Crippen LogP contribution in [0.25, 0.3) is 0 Å². The number of carbonyl (C=O) groups is 4. The number of nitrogens with one attached hydrogen (secondary N) is 2. The number of aliphatic hydroxyl groups excluding tert-OH is 1. The van der Waals surface area contributed by atoms with Crippen LogP contribution in [0, 0.1) is 5.92 Å². The van der Waals surface area contributed by atoms with Gasteiger partial charge in [0, 0.05) is 30.7 Å². The summed E-state index contributed by atoms with van der Waals surface area (Å²) in [5.41, 5.74) is 6.42. The number of hydrogen-bond donors (Lipinski definition) is 4. The normalized spacial score (nSPS) is 31.4. The monoisotopic (exact) mass is 653 g/mol. The van der Waals surface area contributed by atoms with E-state index in [4.69, 9.17) is 24.7 Å². The van der Waals surface area contributed by atoms with E-state index in [1.807, 2.05) is 26.0 Å². The van der Waals surface area contributed by atoms with E-state index in [9.17, 15) is 24.3 Å². The van der Waals surface area contributed by atoms with Crippen LogP contribution < -0.4 is 16.4 Å². The molecule has 3 amide bonds. The molecule has 1 spiro atoms. The molecule has 1 aromatic carbocycles. The van der Waals surface area contributed by atoms with Gasteiger partial charge in [0.05, 0.1) is 37.4 Å². The Kier molecular flexibility index (Phi) is 12.1. The highest BCUT2D eigenvalue weighted by Gasteiger charge is 2.58. The maximum Gasteiger partial charge on any atom is 0.303 e. The lowest BCUT2D eigenvalue weighted by molar-refractivity contribution is -0.143. The van der Waals surface area contributed by atoms with Crippen molar-refractivity contribution in [2.24, 2.45) is 11.7 Å². The number of hydrogen-bond acceptors (Lipinski definition) is 9. The summed E-state index contributed by atoms with van der Waals surface area (Å²) in [6, 6.07) is 6.17. The molecule has 5 N–H and O–H groups in total. The van der Waals surface area contributed by atoms with Gasteiger partial charge in [-0.05, 0) is 69.9 Å². The fourth-order valence-corrected chi connectivity index (χ4v) is 6.02. The molecule has 3 heterocycles. The number of amides is 3.